The molecule has 1 heteroatoms. The maximum absolute atomic E-state index is 3.52. The molecule has 2 fully saturated rings. The molecule has 1 N–H and O–H groups in total. The third-order valence-electron chi connectivity index (χ3n) is 2.88. The van der Waals surface area contributed by atoms with Crippen LogP contribution in [0.15, 0.2) is 12.2 Å². The van der Waals surface area contributed by atoms with Crippen LogP contribution < -0.4 is 5.32 Å². The molecule has 0 unspecified atom stereocenters. The van der Waals surface area contributed by atoms with Gasteiger partial charge in [0.25, 0.3) is 0 Å². The van der Waals surface area contributed by atoms with Crippen molar-refractivity contribution in [3.05, 3.63) is 12.2 Å². The van der Waals surface area contributed by atoms with Crippen LogP contribution in [0.2, 0.25) is 0 Å². The van der Waals surface area contributed by atoms with Gasteiger partial charge in [-0.2, -0.15) is 0 Å². The Morgan fingerprint density at radius 1 is 1.17 bits per heavy atom. The van der Waals surface area contributed by atoms with Crippen LogP contribution in [-0.2, 0) is 0 Å². The highest BCUT2D eigenvalue weighted by molar-refractivity contribution is 4.93. The number of hydrogen-bond donors (Lipinski definition) is 1. The summed E-state index contributed by atoms with van der Waals surface area (Å²) in [6, 6.07) is 0.877. The molecule has 0 aromatic rings. The summed E-state index contributed by atoms with van der Waals surface area (Å²) in [6.45, 7) is 1.19. The number of rotatable bonds is 5. The van der Waals surface area contributed by atoms with Gasteiger partial charge in [-0.25, -0.2) is 0 Å². The van der Waals surface area contributed by atoms with Gasteiger partial charge < -0.3 is 5.32 Å². The molecule has 2 aliphatic carbocycles. The van der Waals surface area contributed by atoms with Gasteiger partial charge in [-0.1, -0.05) is 18.6 Å². The molecule has 0 atom stereocenters. The van der Waals surface area contributed by atoms with Crippen molar-refractivity contribution in [2.45, 2.75) is 44.6 Å². The third-order valence-corrected chi connectivity index (χ3v) is 2.88. The summed E-state index contributed by atoms with van der Waals surface area (Å²) in [5.41, 5.74) is 0. The smallest absolute Gasteiger partial charge is 0.00683 e. The standard InChI is InChI=1S/C11H19N/c1(4-10-5-3-6-10)2-9-12-11-7-8-11/h1,4,10-12H,2-3,5-9H2/b4-1+. The monoisotopic (exact) mass is 165 g/mol. The summed E-state index contributed by atoms with van der Waals surface area (Å²) in [7, 11) is 0. The Labute approximate surface area is 75.2 Å². The predicted octanol–water partition coefficient (Wildman–Crippen LogP) is 2.48. The van der Waals surface area contributed by atoms with E-state index in [1.165, 1.54) is 45.1 Å². The number of allylic oxidation sites excluding steroid dienone is 1. The van der Waals surface area contributed by atoms with Gasteiger partial charge in [0.2, 0.25) is 0 Å². The lowest BCUT2D eigenvalue weighted by Gasteiger charge is -2.21. The van der Waals surface area contributed by atoms with Gasteiger partial charge in [0.1, 0.15) is 0 Å². The fourth-order valence-corrected chi connectivity index (χ4v) is 1.58. The van der Waals surface area contributed by atoms with E-state index in [1.807, 2.05) is 0 Å². The van der Waals surface area contributed by atoms with Gasteiger partial charge >= 0.3 is 0 Å². The SMILES string of the molecule is C(=C\C1CCC1)/CCNC1CC1. The Balaban J connectivity index is 1.46. The van der Waals surface area contributed by atoms with Crippen LogP contribution >= 0.6 is 0 Å². The Morgan fingerprint density at radius 3 is 2.58 bits per heavy atom. The minimum Gasteiger partial charge on any atom is -0.314 e. The molecule has 2 rings (SSSR count). The first-order valence-corrected chi connectivity index (χ1v) is 5.35. The second kappa shape index (κ2) is 4.08. The maximum Gasteiger partial charge on any atom is 0.00683 e. The van der Waals surface area contributed by atoms with Crippen LogP contribution in [0.3, 0.4) is 0 Å². The van der Waals surface area contributed by atoms with Crippen molar-refractivity contribution in [3.63, 3.8) is 0 Å². The van der Waals surface area contributed by atoms with Crippen molar-refractivity contribution in [1.29, 1.82) is 0 Å². The molecule has 0 aromatic carbocycles. The first-order valence-electron chi connectivity index (χ1n) is 5.35. The molecule has 0 radical (unpaired) electrons. The molecule has 0 aromatic heterocycles. The van der Waals surface area contributed by atoms with Crippen LogP contribution in [0.25, 0.3) is 0 Å². The van der Waals surface area contributed by atoms with Crippen molar-refractivity contribution in [2.24, 2.45) is 5.92 Å². The van der Waals surface area contributed by atoms with E-state index >= 15 is 0 Å². The Morgan fingerprint density at radius 2 is 2.00 bits per heavy atom. The molecular weight excluding hydrogens is 146 g/mol. The van der Waals surface area contributed by atoms with E-state index in [-0.39, 0.29) is 0 Å². The molecule has 12 heavy (non-hydrogen) atoms. The third kappa shape index (κ3) is 2.63. The van der Waals surface area contributed by atoms with Gasteiger partial charge in [0, 0.05) is 6.04 Å². The van der Waals surface area contributed by atoms with Crippen LogP contribution in [0.5, 0.6) is 0 Å². The highest BCUT2D eigenvalue weighted by Gasteiger charge is 2.19. The van der Waals surface area contributed by atoms with Crippen molar-refractivity contribution in [1.82, 2.24) is 5.32 Å². The minimum absolute atomic E-state index is 0.877. The minimum atomic E-state index is 0.877. The average Bonchev–Trinajstić information content (AvgIpc) is 2.76. The lowest BCUT2D eigenvalue weighted by molar-refractivity contribution is 0.387. The topological polar surface area (TPSA) is 12.0 Å². The summed E-state index contributed by atoms with van der Waals surface area (Å²) in [4.78, 5) is 0. The average molecular weight is 165 g/mol. The van der Waals surface area contributed by atoms with E-state index in [4.69, 9.17) is 0 Å². The highest BCUT2D eigenvalue weighted by Crippen LogP contribution is 2.27. The maximum atomic E-state index is 3.52. The van der Waals surface area contributed by atoms with Gasteiger partial charge in [-0.15, -0.1) is 0 Å². The van der Waals surface area contributed by atoms with E-state index in [2.05, 4.69) is 17.5 Å². The first-order chi connectivity index (χ1) is 5.95. The van der Waals surface area contributed by atoms with Crippen LogP contribution in [0, 0.1) is 5.92 Å². The Bertz CT molecular complexity index is 154. The number of nitrogens with one attached hydrogen (secondary N) is 1. The second-order valence-corrected chi connectivity index (χ2v) is 4.14. The van der Waals surface area contributed by atoms with Gasteiger partial charge in [0.05, 0.1) is 0 Å². The van der Waals surface area contributed by atoms with E-state index in [0.29, 0.717) is 0 Å². The summed E-state index contributed by atoms with van der Waals surface area (Å²) < 4.78 is 0. The van der Waals surface area contributed by atoms with Gasteiger partial charge in [-0.3, -0.25) is 0 Å². The summed E-state index contributed by atoms with van der Waals surface area (Å²) in [5, 5.41) is 3.52. The molecule has 0 spiro atoms. The quantitative estimate of drug-likeness (QED) is 0.487. The zero-order valence-electron chi connectivity index (χ0n) is 7.76. The molecule has 68 valence electrons. The zero-order chi connectivity index (χ0) is 8.23. The highest BCUT2D eigenvalue weighted by atomic mass is 14.9. The second-order valence-electron chi connectivity index (χ2n) is 4.14. The Kier molecular flexibility index (Phi) is 2.83. The lowest BCUT2D eigenvalue weighted by atomic mass is 9.85. The van der Waals surface area contributed by atoms with Crippen molar-refractivity contribution in [3.8, 4) is 0 Å². The molecule has 1 nitrogen and oxygen atoms in total. The summed E-state index contributed by atoms with van der Waals surface area (Å²) in [5.74, 6) is 0.936. The molecule has 2 saturated carbocycles. The van der Waals surface area contributed by atoms with Crippen LogP contribution in [0.4, 0.5) is 0 Å². The predicted molar refractivity (Wildman–Crippen MR) is 52.1 cm³/mol. The molecule has 0 heterocycles. The molecule has 0 amide bonds. The molecule has 0 aliphatic heterocycles. The first kappa shape index (κ1) is 8.31. The molecular formula is C11H19N. The van der Waals surface area contributed by atoms with E-state index in [9.17, 15) is 0 Å². The van der Waals surface area contributed by atoms with Crippen molar-refractivity contribution in [2.75, 3.05) is 6.54 Å². The van der Waals surface area contributed by atoms with Gasteiger partial charge in [0.15, 0.2) is 0 Å². The fraction of sp³-hybridized carbons (Fsp3) is 0.818. The molecule has 0 saturated heterocycles. The van der Waals surface area contributed by atoms with Gasteiger partial charge in [-0.05, 0) is 44.6 Å². The van der Waals surface area contributed by atoms with Crippen molar-refractivity contribution < 1.29 is 0 Å². The zero-order valence-corrected chi connectivity index (χ0v) is 7.76. The van der Waals surface area contributed by atoms with E-state index < -0.39 is 0 Å². The molecule has 0 bridgehead atoms. The summed E-state index contributed by atoms with van der Waals surface area (Å²) in [6.07, 6.45) is 13.2. The largest absolute Gasteiger partial charge is 0.314 e. The molecule has 2 aliphatic rings. The van der Waals surface area contributed by atoms with Crippen LogP contribution in [-0.4, -0.2) is 12.6 Å². The van der Waals surface area contributed by atoms with Crippen molar-refractivity contribution >= 4 is 0 Å². The lowest BCUT2D eigenvalue weighted by Crippen LogP contribution is -2.16. The van der Waals surface area contributed by atoms with E-state index in [0.717, 1.165) is 12.0 Å². The number of hydrogen-bond acceptors (Lipinski definition) is 1. The van der Waals surface area contributed by atoms with E-state index in [1.54, 1.807) is 0 Å². The Hall–Kier alpha value is -0.300. The fourth-order valence-electron chi connectivity index (χ4n) is 1.58. The summed E-state index contributed by atoms with van der Waals surface area (Å²) >= 11 is 0. The normalized spacial score (nSPS) is 24.7. The van der Waals surface area contributed by atoms with Crippen LogP contribution in [0.1, 0.15) is 38.5 Å².